The van der Waals surface area contributed by atoms with Crippen molar-refractivity contribution in [2.24, 2.45) is 0 Å². The van der Waals surface area contributed by atoms with E-state index < -0.39 is 0 Å². The highest BCUT2D eigenvalue weighted by atomic mass is 16.5. The standard InChI is InChI=1S/C20H23NO/c1-22-17-9-7-16(8-10-17)20(11-12-20)14-21-19-13-18(19)15-5-3-2-4-6-15/h2-10,18-19,21H,11-14H2,1H3/t18-,19+/m1/s1. The van der Waals surface area contributed by atoms with Crippen LogP contribution in [0, 0.1) is 0 Å². The van der Waals surface area contributed by atoms with Crippen LogP contribution in [0.5, 0.6) is 5.75 Å². The summed E-state index contributed by atoms with van der Waals surface area (Å²) in [5, 5.41) is 3.80. The van der Waals surface area contributed by atoms with Gasteiger partial charge in [-0.05, 0) is 42.5 Å². The first-order valence-electron chi connectivity index (χ1n) is 8.24. The summed E-state index contributed by atoms with van der Waals surface area (Å²) in [7, 11) is 1.72. The van der Waals surface area contributed by atoms with Gasteiger partial charge in [0.25, 0.3) is 0 Å². The van der Waals surface area contributed by atoms with E-state index in [1.807, 2.05) is 0 Å². The maximum atomic E-state index is 5.26. The molecule has 0 spiro atoms. The largest absolute Gasteiger partial charge is 0.497 e. The summed E-state index contributed by atoms with van der Waals surface area (Å²) in [5.74, 6) is 1.66. The van der Waals surface area contributed by atoms with Crippen molar-refractivity contribution >= 4 is 0 Å². The van der Waals surface area contributed by atoms with Crippen LogP contribution in [0.15, 0.2) is 54.6 Å². The minimum absolute atomic E-state index is 0.371. The van der Waals surface area contributed by atoms with Gasteiger partial charge >= 0.3 is 0 Å². The summed E-state index contributed by atoms with van der Waals surface area (Å²) in [5.41, 5.74) is 3.31. The molecule has 0 heterocycles. The molecule has 0 aromatic heterocycles. The second-order valence-electron chi connectivity index (χ2n) is 6.75. The molecule has 0 radical (unpaired) electrons. The maximum absolute atomic E-state index is 5.26. The summed E-state index contributed by atoms with van der Waals surface area (Å²) < 4.78 is 5.26. The molecule has 0 bridgehead atoms. The van der Waals surface area contributed by atoms with Crippen molar-refractivity contribution in [2.75, 3.05) is 13.7 Å². The van der Waals surface area contributed by atoms with Crippen LogP contribution < -0.4 is 10.1 Å². The molecule has 2 aromatic rings. The zero-order chi connectivity index (χ0) is 15.0. The lowest BCUT2D eigenvalue weighted by Gasteiger charge is -2.17. The van der Waals surface area contributed by atoms with Gasteiger partial charge in [0.05, 0.1) is 7.11 Å². The molecule has 2 heteroatoms. The average Bonchev–Trinajstić information content (AvgIpc) is 3.48. The molecule has 0 unspecified atom stereocenters. The number of hydrogen-bond acceptors (Lipinski definition) is 2. The lowest BCUT2D eigenvalue weighted by atomic mass is 9.96. The van der Waals surface area contributed by atoms with Gasteiger partial charge in [0.15, 0.2) is 0 Å². The van der Waals surface area contributed by atoms with Gasteiger partial charge in [-0.15, -0.1) is 0 Å². The Kier molecular flexibility index (Phi) is 3.42. The molecule has 2 saturated carbocycles. The van der Waals surface area contributed by atoms with Crippen LogP contribution in [0.3, 0.4) is 0 Å². The number of rotatable bonds is 6. The number of ether oxygens (including phenoxy) is 1. The maximum Gasteiger partial charge on any atom is 0.118 e. The van der Waals surface area contributed by atoms with Crippen LogP contribution in [0.2, 0.25) is 0 Å². The topological polar surface area (TPSA) is 21.3 Å². The van der Waals surface area contributed by atoms with E-state index in [4.69, 9.17) is 4.74 Å². The molecular formula is C20H23NO. The molecule has 114 valence electrons. The second kappa shape index (κ2) is 5.44. The lowest BCUT2D eigenvalue weighted by Crippen LogP contribution is -2.29. The Morgan fingerprint density at radius 1 is 1.05 bits per heavy atom. The Morgan fingerprint density at radius 3 is 2.41 bits per heavy atom. The van der Waals surface area contributed by atoms with Crippen molar-refractivity contribution in [1.82, 2.24) is 5.32 Å². The Balaban J connectivity index is 1.36. The summed E-state index contributed by atoms with van der Waals surface area (Å²) in [6.45, 7) is 1.10. The van der Waals surface area contributed by atoms with Gasteiger partial charge in [0.1, 0.15) is 5.75 Å². The minimum atomic E-state index is 0.371. The van der Waals surface area contributed by atoms with Gasteiger partial charge in [-0.3, -0.25) is 0 Å². The fourth-order valence-corrected chi connectivity index (χ4v) is 3.48. The highest BCUT2D eigenvalue weighted by Gasteiger charge is 2.46. The molecule has 4 rings (SSSR count). The van der Waals surface area contributed by atoms with Crippen molar-refractivity contribution < 1.29 is 4.74 Å². The molecular weight excluding hydrogens is 270 g/mol. The number of nitrogens with one attached hydrogen (secondary N) is 1. The Hall–Kier alpha value is -1.80. The SMILES string of the molecule is COc1ccc(C2(CN[C@H]3C[C@@H]3c3ccccc3)CC2)cc1. The molecule has 2 nitrogen and oxygen atoms in total. The van der Waals surface area contributed by atoms with Crippen molar-refractivity contribution in [1.29, 1.82) is 0 Å². The zero-order valence-electron chi connectivity index (χ0n) is 13.1. The molecule has 1 N–H and O–H groups in total. The molecule has 2 aromatic carbocycles. The number of hydrogen-bond donors (Lipinski definition) is 1. The van der Waals surface area contributed by atoms with Gasteiger partial charge in [0.2, 0.25) is 0 Å². The summed E-state index contributed by atoms with van der Waals surface area (Å²) in [4.78, 5) is 0. The van der Waals surface area contributed by atoms with Gasteiger partial charge in [-0.1, -0.05) is 42.5 Å². The monoisotopic (exact) mass is 293 g/mol. The van der Waals surface area contributed by atoms with Crippen LogP contribution in [0.1, 0.15) is 36.3 Å². The predicted molar refractivity (Wildman–Crippen MR) is 89.5 cm³/mol. The molecule has 0 aliphatic heterocycles. The third kappa shape index (κ3) is 2.64. The van der Waals surface area contributed by atoms with E-state index in [1.54, 1.807) is 7.11 Å². The van der Waals surface area contributed by atoms with Crippen LogP contribution >= 0.6 is 0 Å². The van der Waals surface area contributed by atoms with E-state index in [2.05, 4.69) is 59.9 Å². The Morgan fingerprint density at radius 2 is 1.77 bits per heavy atom. The highest BCUT2D eigenvalue weighted by Crippen LogP contribution is 2.49. The van der Waals surface area contributed by atoms with E-state index in [0.717, 1.165) is 12.3 Å². The second-order valence-corrected chi connectivity index (χ2v) is 6.75. The first-order valence-corrected chi connectivity index (χ1v) is 8.24. The first-order chi connectivity index (χ1) is 10.8. The average molecular weight is 293 g/mol. The third-order valence-electron chi connectivity index (χ3n) is 5.28. The van der Waals surface area contributed by atoms with Crippen LogP contribution in [-0.2, 0) is 5.41 Å². The highest BCUT2D eigenvalue weighted by molar-refractivity contribution is 5.37. The molecule has 0 saturated heterocycles. The van der Waals surface area contributed by atoms with Gasteiger partial charge in [-0.2, -0.15) is 0 Å². The number of benzene rings is 2. The van der Waals surface area contributed by atoms with Crippen molar-refractivity contribution in [3.8, 4) is 5.75 Å². The quantitative estimate of drug-likeness (QED) is 0.873. The van der Waals surface area contributed by atoms with Crippen molar-refractivity contribution in [3.63, 3.8) is 0 Å². The normalized spacial score (nSPS) is 24.8. The Labute approximate surface area is 132 Å². The van der Waals surface area contributed by atoms with Crippen LogP contribution in [0.4, 0.5) is 0 Å². The van der Waals surface area contributed by atoms with Crippen molar-refractivity contribution in [3.05, 3.63) is 65.7 Å². The zero-order valence-corrected chi connectivity index (χ0v) is 13.1. The third-order valence-corrected chi connectivity index (χ3v) is 5.28. The van der Waals surface area contributed by atoms with Crippen molar-refractivity contribution in [2.45, 2.75) is 36.6 Å². The van der Waals surface area contributed by atoms with E-state index in [9.17, 15) is 0 Å². The number of methoxy groups -OCH3 is 1. The van der Waals surface area contributed by atoms with E-state index in [0.29, 0.717) is 17.4 Å². The van der Waals surface area contributed by atoms with Gasteiger partial charge < -0.3 is 10.1 Å². The Bertz CT molecular complexity index is 631. The molecule has 2 aliphatic rings. The lowest BCUT2D eigenvalue weighted by molar-refractivity contribution is 0.414. The van der Waals surface area contributed by atoms with E-state index in [1.165, 1.54) is 30.4 Å². The predicted octanol–water partition coefficient (Wildman–Crippen LogP) is 3.87. The minimum Gasteiger partial charge on any atom is -0.497 e. The van der Waals surface area contributed by atoms with E-state index >= 15 is 0 Å². The van der Waals surface area contributed by atoms with E-state index in [-0.39, 0.29) is 0 Å². The fraction of sp³-hybridized carbons (Fsp3) is 0.400. The molecule has 2 aliphatic carbocycles. The van der Waals surface area contributed by atoms with Gasteiger partial charge in [-0.25, -0.2) is 0 Å². The summed E-state index contributed by atoms with van der Waals surface area (Å²) in [6, 6.07) is 20.2. The molecule has 22 heavy (non-hydrogen) atoms. The first kappa shape index (κ1) is 13.8. The summed E-state index contributed by atoms with van der Waals surface area (Å²) in [6.07, 6.45) is 3.88. The molecule has 2 fully saturated rings. The van der Waals surface area contributed by atoms with Crippen LogP contribution in [0.25, 0.3) is 0 Å². The molecule has 0 amide bonds. The van der Waals surface area contributed by atoms with Crippen LogP contribution in [-0.4, -0.2) is 19.7 Å². The summed E-state index contributed by atoms with van der Waals surface area (Å²) >= 11 is 0. The van der Waals surface area contributed by atoms with Gasteiger partial charge in [0, 0.05) is 23.9 Å². The smallest absolute Gasteiger partial charge is 0.118 e. The molecule has 2 atom stereocenters. The fourth-order valence-electron chi connectivity index (χ4n) is 3.48.